The lowest BCUT2D eigenvalue weighted by atomic mass is 9.81. The van der Waals surface area contributed by atoms with E-state index in [9.17, 15) is 17.2 Å². The lowest BCUT2D eigenvalue weighted by Gasteiger charge is -2.24. The van der Waals surface area contributed by atoms with E-state index in [1.54, 1.807) is 0 Å². The molecule has 6 heteroatoms. The quantitative estimate of drug-likeness (QED) is 0.732. The van der Waals surface area contributed by atoms with Gasteiger partial charge < -0.3 is 0 Å². The Morgan fingerprint density at radius 2 is 1.81 bits per heavy atom. The third-order valence-corrected chi connectivity index (χ3v) is 6.44. The van der Waals surface area contributed by atoms with E-state index in [-0.39, 0.29) is 6.54 Å². The van der Waals surface area contributed by atoms with Gasteiger partial charge in [0.05, 0.1) is 0 Å². The predicted molar refractivity (Wildman–Crippen MR) is 97.4 cm³/mol. The van der Waals surface area contributed by atoms with Crippen LogP contribution < -0.4 is 4.72 Å². The van der Waals surface area contributed by atoms with Gasteiger partial charge in [0, 0.05) is 6.54 Å². The van der Waals surface area contributed by atoms with E-state index in [4.69, 9.17) is 0 Å². The van der Waals surface area contributed by atoms with Crippen molar-refractivity contribution in [2.45, 2.75) is 43.4 Å². The average molecular weight is 379 g/mol. The maximum atomic E-state index is 13.6. The van der Waals surface area contributed by atoms with Crippen molar-refractivity contribution in [1.29, 1.82) is 0 Å². The molecule has 1 N–H and O–H groups in total. The van der Waals surface area contributed by atoms with E-state index < -0.39 is 26.6 Å². The number of sulfonamides is 1. The van der Waals surface area contributed by atoms with Gasteiger partial charge in [0.15, 0.2) is 0 Å². The summed E-state index contributed by atoms with van der Waals surface area (Å²) in [6.07, 6.45) is 5.97. The highest BCUT2D eigenvalue weighted by atomic mass is 32.2. The van der Waals surface area contributed by atoms with Crippen LogP contribution in [0.4, 0.5) is 8.78 Å². The number of nitrogens with one attached hydrogen (secondary N) is 1. The van der Waals surface area contributed by atoms with E-state index in [1.165, 1.54) is 11.1 Å². The molecule has 2 aromatic rings. The molecular formula is C20H23F2NO2S. The molecule has 3 nitrogen and oxygen atoms in total. The van der Waals surface area contributed by atoms with E-state index in [1.807, 2.05) is 0 Å². The Morgan fingerprint density at radius 1 is 1.04 bits per heavy atom. The Labute approximate surface area is 153 Å². The van der Waals surface area contributed by atoms with Crippen LogP contribution >= 0.6 is 0 Å². The molecule has 0 aliphatic heterocycles. The number of rotatable bonds is 7. The fraction of sp³-hybridized carbons (Fsp3) is 0.400. The van der Waals surface area contributed by atoms with E-state index in [2.05, 4.69) is 29.0 Å². The van der Waals surface area contributed by atoms with Crippen LogP contribution in [0.5, 0.6) is 0 Å². The summed E-state index contributed by atoms with van der Waals surface area (Å²) in [7, 11) is -4.02. The third kappa shape index (κ3) is 4.68. The molecule has 0 spiro atoms. The zero-order valence-electron chi connectivity index (χ0n) is 14.5. The summed E-state index contributed by atoms with van der Waals surface area (Å²) in [4.78, 5) is -0.638. The molecule has 0 radical (unpaired) electrons. The van der Waals surface area contributed by atoms with Gasteiger partial charge in [-0.15, -0.1) is 0 Å². The van der Waals surface area contributed by atoms with Gasteiger partial charge in [-0.05, 0) is 60.9 Å². The fourth-order valence-electron chi connectivity index (χ4n) is 3.55. The summed E-state index contributed by atoms with van der Waals surface area (Å²) >= 11 is 0. The van der Waals surface area contributed by atoms with Crippen molar-refractivity contribution >= 4 is 10.0 Å². The summed E-state index contributed by atoms with van der Waals surface area (Å²) in [6.45, 7) is 0.224. The molecule has 26 heavy (non-hydrogen) atoms. The monoisotopic (exact) mass is 379 g/mol. The molecule has 0 bridgehead atoms. The zero-order valence-corrected chi connectivity index (χ0v) is 15.4. The summed E-state index contributed by atoms with van der Waals surface area (Å²) in [5.41, 5.74) is 2.86. The first kappa shape index (κ1) is 19.0. The van der Waals surface area contributed by atoms with E-state index in [0.717, 1.165) is 44.2 Å². The van der Waals surface area contributed by atoms with Crippen molar-refractivity contribution < 1.29 is 17.2 Å². The molecule has 2 aromatic carbocycles. The molecule has 0 heterocycles. The van der Waals surface area contributed by atoms with Gasteiger partial charge in [-0.3, -0.25) is 0 Å². The highest BCUT2D eigenvalue weighted by molar-refractivity contribution is 7.89. The normalized spacial score (nSPS) is 17.1. The minimum Gasteiger partial charge on any atom is -0.211 e. The predicted octanol–water partition coefficient (Wildman–Crippen LogP) is 4.22. The summed E-state index contributed by atoms with van der Waals surface area (Å²) in [6, 6.07) is 10.9. The molecular weight excluding hydrogens is 356 g/mol. The second-order valence-electron chi connectivity index (χ2n) is 6.85. The number of aryl methyl sites for hydroxylation is 1. The Hall–Kier alpha value is -1.79. The first-order valence-electron chi connectivity index (χ1n) is 8.97. The Morgan fingerprint density at radius 3 is 2.62 bits per heavy atom. The SMILES string of the molecule is O=S(=O)(NCCCCC1CCc2ccccc2C1)c1cc(F)ccc1F. The van der Waals surface area contributed by atoms with Crippen LogP contribution in [0.2, 0.25) is 0 Å². The number of hydrogen-bond acceptors (Lipinski definition) is 2. The third-order valence-electron chi connectivity index (χ3n) is 4.96. The number of unbranched alkanes of at least 4 members (excludes halogenated alkanes) is 1. The molecule has 3 rings (SSSR count). The Bertz CT molecular complexity index is 868. The highest BCUT2D eigenvalue weighted by Crippen LogP contribution is 2.28. The maximum Gasteiger partial charge on any atom is 0.243 e. The van der Waals surface area contributed by atoms with Gasteiger partial charge >= 0.3 is 0 Å². The number of benzene rings is 2. The lowest BCUT2D eigenvalue weighted by Crippen LogP contribution is -2.26. The molecule has 0 saturated heterocycles. The van der Waals surface area contributed by atoms with Crippen LogP contribution in [-0.2, 0) is 22.9 Å². The first-order valence-corrected chi connectivity index (χ1v) is 10.5. The van der Waals surface area contributed by atoms with Crippen molar-refractivity contribution in [3.8, 4) is 0 Å². The molecule has 0 saturated carbocycles. The number of hydrogen-bond donors (Lipinski definition) is 1. The number of halogens is 2. The molecule has 1 aliphatic carbocycles. The topological polar surface area (TPSA) is 46.2 Å². The summed E-state index contributed by atoms with van der Waals surface area (Å²) in [5, 5.41) is 0. The minimum absolute atomic E-state index is 0.224. The van der Waals surface area contributed by atoms with Gasteiger partial charge in [0.2, 0.25) is 10.0 Å². The van der Waals surface area contributed by atoms with Crippen molar-refractivity contribution in [2.24, 2.45) is 5.92 Å². The second-order valence-corrected chi connectivity index (χ2v) is 8.58. The highest BCUT2D eigenvalue weighted by Gasteiger charge is 2.20. The summed E-state index contributed by atoms with van der Waals surface area (Å²) in [5.74, 6) is -1.09. The maximum absolute atomic E-state index is 13.6. The van der Waals surface area contributed by atoms with Crippen LogP contribution in [0.3, 0.4) is 0 Å². The van der Waals surface area contributed by atoms with Gasteiger partial charge in [-0.2, -0.15) is 0 Å². The summed E-state index contributed by atoms with van der Waals surface area (Å²) < 4.78 is 53.3. The minimum atomic E-state index is -4.02. The molecule has 1 atom stereocenters. The van der Waals surface area contributed by atoms with Gasteiger partial charge in [0.1, 0.15) is 16.5 Å². The van der Waals surface area contributed by atoms with Crippen LogP contribution in [0.25, 0.3) is 0 Å². The molecule has 140 valence electrons. The standard InChI is InChI=1S/C20H23F2NO2S/c21-18-10-11-19(22)20(14-18)26(24,25)23-12-4-3-5-15-8-9-16-6-1-2-7-17(16)13-15/h1-2,6-7,10-11,14-15,23H,3-5,8-9,12-13H2. The fourth-order valence-corrected chi connectivity index (χ4v) is 4.71. The smallest absolute Gasteiger partial charge is 0.211 e. The van der Waals surface area contributed by atoms with Crippen LogP contribution in [-0.4, -0.2) is 15.0 Å². The molecule has 0 amide bonds. The van der Waals surface area contributed by atoms with Gasteiger partial charge in [-0.25, -0.2) is 21.9 Å². The lowest BCUT2D eigenvalue weighted by molar-refractivity contribution is 0.409. The molecule has 1 unspecified atom stereocenters. The van der Waals surface area contributed by atoms with Crippen molar-refractivity contribution in [2.75, 3.05) is 6.54 Å². The number of fused-ring (bicyclic) bond motifs is 1. The largest absolute Gasteiger partial charge is 0.243 e. The average Bonchev–Trinajstić information content (AvgIpc) is 2.63. The van der Waals surface area contributed by atoms with Crippen molar-refractivity contribution in [3.05, 3.63) is 65.2 Å². The van der Waals surface area contributed by atoms with E-state index in [0.29, 0.717) is 18.4 Å². The van der Waals surface area contributed by atoms with Gasteiger partial charge in [0.25, 0.3) is 0 Å². The Balaban J connectivity index is 1.44. The Kier molecular flexibility index (Phi) is 6.04. The molecule has 0 aromatic heterocycles. The molecule has 1 aliphatic rings. The van der Waals surface area contributed by atoms with Gasteiger partial charge in [-0.1, -0.05) is 37.1 Å². The van der Waals surface area contributed by atoms with Crippen molar-refractivity contribution in [1.82, 2.24) is 4.72 Å². The molecule has 0 fully saturated rings. The van der Waals surface area contributed by atoms with Crippen molar-refractivity contribution in [3.63, 3.8) is 0 Å². The second kappa shape index (κ2) is 8.27. The van der Waals surface area contributed by atoms with Crippen LogP contribution in [0, 0.1) is 17.6 Å². The van der Waals surface area contributed by atoms with Crippen LogP contribution in [0.15, 0.2) is 47.4 Å². The zero-order chi connectivity index (χ0) is 18.6. The first-order chi connectivity index (χ1) is 12.5. The van der Waals surface area contributed by atoms with E-state index >= 15 is 0 Å². The van der Waals surface area contributed by atoms with Crippen LogP contribution in [0.1, 0.15) is 36.8 Å².